The molecule has 0 aromatic heterocycles. The van der Waals surface area contributed by atoms with Crippen molar-refractivity contribution in [1.29, 1.82) is 0 Å². The van der Waals surface area contributed by atoms with Gasteiger partial charge < -0.3 is 9.80 Å². The first kappa shape index (κ1) is 10.3. The van der Waals surface area contributed by atoms with Crippen molar-refractivity contribution >= 4 is 17.7 Å². The minimum absolute atomic E-state index is 0.328. The summed E-state index contributed by atoms with van der Waals surface area (Å²) in [6, 6.07) is 0. The largest absolute Gasteiger partial charge is 0.341 e. The molecule has 0 N–H and O–H groups in total. The molecule has 0 aromatic carbocycles. The van der Waals surface area contributed by atoms with Gasteiger partial charge in [0, 0.05) is 26.2 Å². The number of fused-ring (bicyclic) bond motifs is 1. The van der Waals surface area contributed by atoms with Crippen molar-refractivity contribution in [3.05, 3.63) is 0 Å². The zero-order valence-corrected chi connectivity index (χ0v) is 9.72. The molecule has 1 amide bonds. The van der Waals surface area contributed by atoms with Gasteiger partial charge in [0.25, 0.3) is 0 Å². The molecule has 0 aromatic rings. The molecule has 2 rings (SSSR count). The monoisotopic (exact) mass is 214 g/mol. The first-order valence-electron chi connectivity index (χ1n) is 5.16. The summed E-state index contributed by atoms with van der Waals surface area (Å²) >= 11 is 1.62. The minimum atomic E-state index is 0.328. The van der Waals surface area contributed by atoms with Gasteiger partial charge in [0.1, 0.15) is 0 Å². The van der Waals surface area contributed by atoms with Crippen LogP contribution in [-0.4, -0.2) is 60.9 Å². The lowest BCUT2D eigenvalue weighted by Crippen LogP contribution is -2.33. The molecule has 2 atom stereocenters. The highest BCUT2D eigenvalue weighted by molar-refractivity contribution is 7.99. The van der Waals surface area contributed by atoms with E-state index in [0.717, 1.165) is 24.9 Å². The van der Waals surface area contributed by atoms with Crippen LogP contribution < -0.4 is 0 Å². The smallest absolute Gasteiger partial charge is 0.232 e. The normalized spacial score (nSPS) is 32.3. The van der Waals surface area contributed by atoms with E-state index in [1.54, 1.807) is 11.8 Å². The van der Waals surface area contributed by atoms with Crippen LogP contribution in [0.15, 0.2) is 0 Å². The second kappa shape index (κ2) is 4.11. The summed E-state index contributed by atoms with van der Waals surface area (Å²) in [5, 5.41) is 0. The van der Waals surface area contributed by atoms with Gasteiger partial charge in [0.15, 0.2) is 0 Å². The van der Waals surface area contributed by atoms with Crippen LogP contribution in [0.25, 0.3) is 0 Å². The summed E-state index contributed by atoms with van der Waals surface area (Å²) in [6.45, 7) is 4.34. The standard InChI is InChI=1S/C10H18N2OS/c1-11-3-8-5-12(6-9(8)4-11)10(13)7-14-2/h8-9H,3-7H2,1-2H3/t8-,9+. The second-order valence-electron chi connectivity index (χ2n) is 4.47. The SMILES string of the molecule is CSCC(=O)N1C[C@H]2CN(C)C[C@H]2C1. The Morgan fingerprint density at radius 1 is 1.29 bits per heavy atom. The van der Waals surface area contributed by atoms with Gasteiger partial charge in [0.2, 0.25) is 5.91 Å². The van der Waals surface area contributed by atoms with E-state index in [1.807, 2.05) is 6.26 Å². The van der Waals surface area contributed by atoms with Crippen LogP contribution in [0.2, 0.25) is 0 Å². The number of likely N-dealkylation sites (tertiary alicyclic amines) is 2. The molecule has 2 saturated heterocycles. The van der Waals surface area contributed by atoms with E-state index in [9.17, 15) is 4.79 Å². The van der Waals surface area contributed by atoms with E-state index in [4.69, 9.17) is 0 Å². The molecular formula is C10H18N2OS. The van der Waals surface area contributed by atoms with Crippen LogP contribution in [0.5, 0.6) is 0 Å². The van der Waals surface area contributed by atoms with Crippen molar-refractivity contribution < 1.29 is 4.79 Å². The Morgan fingerprint density at radius 3 is 2.36 bits per heavy atom. The number of carbonyl (C=O) groups excluding carboxylic acids is 1. The van der Waals surface area contributed by atoms with E-state index in [1.165, 1.54) is 13.1 Å². The van der Waals surface area contributed by atoms with Crippen molar-refractivity contribution in [2.45, 2.75) is 0 Å². The fourth-order valence-corrected chi connectivity index (χ4v) is 3.08. The lowest BCUT2D eigenvalue weighted by molar-refractivity contribution is -0.127. The molecule has 2 aliphatic rings. The maximum absolute atomic E-state index is 11.6. The highest BCUT2D eigenvalue weighted by Gasteiger charge is 2.39. The van der Waals surface area contributed by atoms with E-state index in [0.29, 0.717) is 11.7 Å². The van der Waals surface area contributed by atoms with Gasteiger partial charge in [-0.05, 0) is 25.1 Å². The van der Waals surface area contributed by atoms with Crippen LogP contribution in [0.3, 0.4) is 0 Å². The fourth-order valence-electron chi connectivity index (χ4n) is 2.65. The number of amides is 1. The Hall–Kier alpha value is -0.220. The molecule has 80 valence electrons. The van der Waals surface area contributed by atoms with Gasteiger partial charge in [-0.15, -0.1) is 0 Å². The molecule has 4 heteroatoms. The van der Waals surface area contributed by atoms with Crippen LogP contribution in [0.4, 0.5) is 0 Å². The Labute approximate surface area is 89.8 Å². The molecule has 2 aliphatic heterocycles. The molecule has 3 nitrogen and oxygen atoms in total. The van der Waals surface area contributed by atoms with Crippen molar-refractivity contribution in [3.63, 3.8) is 0 Å². The average Bonchev–Trinajstić information content (AvgIpc) is 2.61. The van der Waals surface area contributed by atoms with Gasteiger partial charge in [-0.1, -0.05) is 0 Å². The molecule has 0 radical (unpaired) electrons. The zero-order valence-electron chi connectivity index (χ0n) is 8.90. The Balaban J connectivity index is 1.88. The summed E-state index contributed by atoms with van der Waals surface area (Å²) in [6.07, 6.45) is 1.99. The first-order valence-corrected chi connectivity index (χ1v) is 6.55. The third-order valence-corrected chi connectivity index (χ3v) is 3.82. The van der Waals surface area contributed by atoms with E-state index >= 15 is 0 Å². The highest BCUT2D eigenvalue weighted by atomic mass is 32.2. The molecular weight excluding hydrogens is 196 g/mol. The van der Waals surface area contributed by atoms with Gasteiger partial charge in [-0.2, -0.15) is 11.8 Å². The minimum Gasteiger partial charge on any atom is -0.341 e. The number of nitrogens with zero attached hydrogens (tertiary/aromatic N) is 2. The molecule has 0 spiro atoms. The van der Waals surface area contributed by atoms with Crippen molar-refractivity contribution in [2.75, 3.05) is 45.2 Å². The number of hydrogen-bond acceptors (Lipinski definition) is 3. The molecule has 0 saturated carbocycles. The third kappa shape index (κ3) is 1.91. The van der Waals surface area contributed by atoms with Gasteiger partial charge in [-0.3, -0.25) is 4.79 Å². The zero-order chi connectivity index (χ0) is 10.1. The van der Waals surface area contributed by atoms with Gasteiger partial charge in [0.05, 0.1) is 5.75 Å². The fraction of sp³-hybridized carbons (Fsp3) is 0.900. The van der Waals surface area contributed by atoms with Crippen molar-refractivity contribution in [3.8, 4) is 0 Å². The molecule has 2 fully saturated rings. The Kier molecular flexibility index (Phi) is 3.02. The number of carbonyl (C=O) groups is 1. The highest BCUT2D eigenvalue weighted by Crippen LogP contribution is 2.30. The van der Waals surface area contributed by atoms with Crippen LogP contribution in [0, 0.1) is 11.8 Å². The summed E-state index contributed by atoms with van der Waals surface area (Å²) in [5.74, 6) is 2.46. The van der Waals surface area contributed by atoms with Crippen LogP contribution >= 0.6 is 11.8 Å². The Morgan fingerprint density at radius 2 is 1.86 bits per heavy atom. The van der Waals surface area contributed by atoms with E-state index < -0.39 is 0 Å². The van der Waals surface area contributed by atoms with Gasteiger partial charge in [-0.25, -0.2) is 0 Å². The van der Waals surface area contributed by atoms with Gasteiger partial charge >= 0.3 is 0 Å². The lowest BCUT2D eigenvalue weighted by Gasteiger charge is -2.18. The second-order valence-corrected chi connectivity index (χ2v) is 5.34. The quantitative estimate of drug-likeness (QED) is 0.663. The molecule has 2 heterocycles. The summed E-state index contributed by atoms with van der Waals surface area (Å²) in [7, 11) is 2.17. The Bertz CT molecular complexity index is 220. The lowest BCUT2D eigenvalue weighted by atomic mass is 10.0. The number of rotatable bonds is 2. The van der Waals surface area contributed by atoms with E-state index in [-0.39, 0.29) is 0 Å². The van der Waals surface area contributed by atoms with Crippen molar-refractivity contribution in [2.24, 2.45) is 11.8 Å². The van der Waals surface area contributed by atoms with Crippen LogP contribution in [0.1, 0.15) is 0 Å². The predicted octanol–water partition coefficient (Wildman–Crippen LogP) is 0.369. The third-order valence-electron chi connectivity index (χ3n) is 3.29. The van der Waals surface area contributed by atoms with Crippen molar-refractivity contribution in [1.82, 2.24) is 9.80 Å². The molecule has 0 bridgehead atoms. The molecule has 0 aliphatic carbocycles. The van der Waals surface area contributed by atoms with E-state index in [2.05, 4.69) is 16.8 Å². The molecule has 0 unspecified atom stereocenters. The summed E-state index contributed by atoms with van der Waals surface area (Å²) in [5.41, 5.74) is 0. The summed E-state index contributed by atoms with van der Waals surface area (Å²) < 4.78 is 0. The predicted molar refractivity (Wildman–Crippen MR) is 59.4 cm³/mol. The average molecular weight is 214 g/mol. The maximum atomic E-state index is 11.6. The number of thioether (sulfide) groups is 1. The maximum Gasteiger partial charge on any atom is 0.232 e. The number of hydrogen-bond donors (Lipinski definition) is 0. The topological polar surface area (TPSA) is 23.6 Å². The first-order chi connectivity index (χ1) is 6.70. The summed E-state index contributed by atoms with van der Waals surface area (Å²) in [4.78, 5) is 16.1. The van der Waals surface area contributed by atoms with Crippen LogP contribution in [-0.2, 0) is 4.79 Å². The molecule has 14 heavy (non-hydrogen) atoms.